The van der Waals surface area contributed by atoms with E-state index in [4.69, 9.17) is 4.74 Å². The van der Waals surface area contributed by atoms with Gasteiger partial charge in [0.15, 0.2) is 0 Å². The van der Waals surface area contributed by atoms with E-state index in [2.05, 4.69) is 0 Å². The molecule has 1 atom stereocenters. The third-order valence-corrected chi connectivity index (χ3v) is 4.27. The van der Waals surface area contributed by atoms with Crippen LogP contribution in [0.4, 0.5) is 0 Å². The molecule has 4 heteroatoms. The van der Waals surface area contributed by atoms with E-state index >= 15 is 0 Å². The number of carbonyl (C=O) groups is 1. The molecule has 1 aliphatic heterocycles. The van der Waals surface area contributed by atoms with E-state index in [1.807, 2.05) is 67.3 Å². The van der Waals surface area contributed by atoms with Crippen LogP contribution in [0.5, 0.6) is 5.75 Å². The molecule has 3 nitrogen and oxygen atoms in total. The van der Waals surface area contributed by atoms with Gasteiger partial charge in [-0.15, -0.1) is 0 Å². The third-order valence-electron chi connectivity index (χ3n) is 4.27. The van der Waals surface area contributed by atoms with Crippen LogP contribution in [0.3, 0.4) is 0 Å². The summed E-state index contributed by atoms with van der Waals surface area (Å²) in [6, 6.07) is 17.6. The van der Waals surface area contributed by atoms with E-state index < -0.39 is 6.10 Å². The second-order valence-corrected chi connectivity index (χ2v) is 6.11. The highest BCUT2D eigenvalue weighted by Gasteiger charge is 2.28. The van der Waals surface area contributed by atoms with Gasteiger partial charge in [-0.2, -0.15) is 0 Å². The molecule has 0 bridgehead atoms. The Kier molecular flexibility index (Phi) is 5.01. The third kappa shape index (κ3) is 3.95. The van der Waals surface area contributed by atoms with Crippen LogP contribution < -0.4 is 10.2 Å². The Labute approximate surface area is 138 Å². The van der Waals surface area contributed by atoms with Crippen molar-refractivity contribution < 1.29 is 9.53 Å². The molecule has 2 aromatic carbocycles. The fraction of sp³-hybridized carbons (Fsp3) is 0.316. The molecule has 2 aromatic rings. The largest absolute Gasteiger partial charge is 0.476 e. The minimum absolute atomic E-state index is 0.0662. The van der Waals surface area contributed by atoms with Crippen LogP contribution in [0.25, 0.3) is 0 Å². The van der Waals surface area contributed by atoms with E-state index in [0.717, 1.165) is 37.2 Å². The van der Waals surface area contributed by atoms with Gasteiger partial charge in [-0.3, -0.25) is 4.79 Å². The molecule has 1 amide bonds. The molecule has 1 heterocycles. The molecule has 1 aliphatic rings. The molecular formula is C19H22BNO2. The summed E-state index contributed by atoms with van der Waals surface area (Å²) in [6.45, 7) is 1.67. The topological polar surface area (TPSA) is 29.5 Å². The van der Waals surface area contributed by atoms with Gasteiger partial charge in [-0.05, 0) is 31.4 Å². The van der Waals surface area contributed by atoms with E-state index in [-0.39, 0.29) is 5.91 Å². The van der Waals surface area contributed by atoms with E-state index in [0.29, 0.717) is 0 Å². The molecule has 0 aliphatic carbocycles. The standard InChI is InChI=1S/C19H22BNO2/c20-16-9-11-17(12-10-16)23-18(15-7-3-1-4-8-15)19(22)21-13-5-2-6-14-21/h1,3-4,7-12,18H,2,5-6,13-14,20H2. The van der Waals surface area contributed by atoms with Crippen LogP contribution in [0.2, 0.25) is 0 Å². The zero-order chi connectivity index (χ0) is 16.1. The van der Waals surface area contributed by atoms with Crippen molar-refractivity contribution in [3.8, 4) is 5.75 Å². The van der Waals surface area contributed by atoms with Crippen LogP contribution in [0.15, 0.2) is 54.6 Å². The number of carbonyl (C=O) groups excluding carboxylic acids is 1. The van der Waals surface area contributed by atoms with Gasteiger partial charge in [0.05, 0.1) is 0 Å². The van der Waals surface area contributed by atoms with Gasteiger partial charge in [-0.1, -0.05) is 47.9 Å². The van der Waals surface area contributed by atoms with E-state index in [1.165, 1.54) is 11.9 Å². The number of piperidine rings is 1. The van der Waals surface area contributed by atoms with Gasteiger partial charge >= 0.3 is 0 Å². The van der Waals surface area contributed by atoms with Crippen LogP contribution in [-0.4, -0.2) is 31.7 Å². The van der Waals surface area contributed by atoms with Crippen molar-refractivity contribution in [2.45, 2.75) is 25.4 Å². The van der Waals surface area contributed by atoms with Crippen LogP contribution in [-0.2, 0) is 4.79 Å². The first-order valence-electron chi connectivity index (χ1n) is 8.31. The summed E-state index contributed by atoms with van der Waals surface area (Å²) < 4.78 is 6.08. The van der Waals surface area contributed by atoms with Crippen LogP contribution in [0, 0.1) is 0 Å². The number of benzene rings is 2. The van der Waals surface area contributed by atoms with Crippen molar-refractivity contribution in [2.24, 2.45) is 0 Å². The number of ether oxygens (including phenoxy) is 1. The second kappa shape index (κ2) is 7.36. The molecule has 3 rings (SSSR count). The summed E-state index contributed by atoms with van der Waals surface area (Å²) in [5.41, 5.74) is 2.08. The van der Waals surface area contributed by atoms with Crippen molar-refractivity contribution >= 4 is 19.2 Å². The second-order valence-electron chi connectivity index (χ2n) is 6.11. The SMILES string of the molecule is Bc1ccc(OC(C(=O)N2CCCCC2)c2ccccc2)cc1. The predicted molar refractivity (Wildman–Crippen MR) is 94.9 cm³/mol. The summed E-state index contributed by atoms with van der Waals surface area (Å²) in [7, 11) is 2.04. The first-order valence-corrected chi connectivity index (χ1v) is 8.31. The monoisotopic (exact) mass is 307 g/mol. The average molecular weight is 307 g/mol. The fourth-order valence-corrected chi connectivity index (χ4v) is 2.92. The number of hydrogen-bond donors (Lipinski definition) is 0. The molecule has 1 fully saturated rings. The van der Waals surface area contributed by atoms with Crippen molar-refractivity contribution in [3.63, 3.8) is 0 Å². The van der Waals surface area contributed by atoms with Crippen molar-refractivity contribution in [3.05, 3.63) is 60.2 Å². The molecule has 23 heavy (non-hydrogen) atoms. The van der Waals surface area contributed by atoms with E-state index in [9.17, 15) is 4.79 Å². The van der Waals surface area contributed by atoms with Gasteiger partial charge in [0.2, 0.25) is 6.10 Å². The highest BCUT2D eigenvalue weighted by molar-refractivity contribution is 6.32. The molecule has 1 saturated heterocycles. The molecule has 0 radical (unpaired) electrons. The summed E-state index contributed by atoms with van der Waals surface area (Å²) >= 11 is 0. The Morgan fingerprint density at radius 2 is 1.61 bits per heavy atom. The first kappa shape index (κ1) is 15.7. The van der Waals surface area contributed by atoms with Crippen molar-refractivity contribution in [1.29, 1.82) is 0 Å². The minimum Gasteiger partial charge on any atom is -0.476 e. The lowest BCUT2D eigenvalue weighted by Gasteiger charge is -2.30. The normalized spacial score (nSPS) is 15.9. The smallest absolute Gasteiger partial charge is 0.268 e. The number of hydrogen-bond acceptors (Lipinski definition) is 2. The van der Waals surface area contributed by atoms with Crippen molar-refractivity contribution in [1.82, 2.24) is 4.90 Å². The lowest BCUT2D eigenvalue weighted by atomic mass is 9.97. The van der Waals surface area contributed by atoms with E-state index in [1.54, 1.807) is 0 Å². The molecule has 0 spiro atoms. The fourth-order valence-electron chi connectivity index (χ4n) is 2.92. The molecule has 0 saturated carbocycles. The number of nitrogens with zero attached hydrogens (tertiary/aromatic N) is 1. The molecule has 1 unspecified atom stereocenters. The molecule has 0 aromatic heterocycles. The number of rotatable bonds is 4. The molecule has 0 N–H and O–H groups in total. The van der Waals surface area contributed by atoms with Crippen molar-refractivity contribution in [2.75, 3.05) is 13.1 Å². The summed E-state index contributed by atoms with van der Waals surface area (Å²) in [5.74, 6) is 0.797. The maximum absolute atomic E-state index is 13.0. The molecular weight excluding hydrogens is 285 g/mol. The quantitative estimate of drug-likeness (QED) is 0.810. The van der Waals surface area contributed by atoms with Gasteiger partial charge in [0.25, 0.3) is 5.91 Å². The number of likely N-dealkylation sites (tertiary alicyclic amines) is 1. The highest BCUT2D eigenvalue weighted by Crippen LogP contribution is 2.25. The minimum atomic E-state index is -0.572. The summed E-state index contributed by atoms with van der Waals surface area (Å²) in [6.07, 6.45) is 2.80. The van der Waals surface area contributed by atoms with Gasteiger partial charge < -0.3 is 9.64 Å². The lowest BCUT2D eigenvalue weighted by molar-refractivity contribution is -0.140. The van der Waals surface area contributed by atoms with Gasteiger partial charge in [0, 0.05) is 18.7 Å². The molecule has 118 valence electrons. The Morgan fingerprint density at radius 1 is 0.957 bits per heavy atom. The Hall–Kier alpha value is -2.23. The zero-order valence-corrected chi connectivity index (χ0v) is 13.6. The number of amides is 1. The zero-order valence-electron chi connectivity index (χ0n) is 13.6. The average Bonchev–Trinajstić information content (AvgIpc) is 2.62. The Morgan fingerprint density at radius 3 is 2.26 bits per heavy atom. The van der Waals surface area contributed by atoms with Crippen LogP contribution in [0.1, 0.15) is 30.9 Å². The maximum atomic E-state index is 13.0. The maximum Gasteiger partial charge on any atom is 0.268 e. The summed E-state index contributed by atoms with van der Waals surface area (Å²) in [4.78, 5) is 14.9. The lowest BCUT2D eigenvalue weighted by Crippen LogP contribution is -2.40. The van der Waals surface area contributed by atoms with Crippen LogP contribution >= 0.6 is 0 Å². The Bertz CT molecular complexity index is 636. The van der Waals surface area contributed by atoms with Gasteiger partial charge in [0.1, 0.15) is 13.6 Å². The van der Waals surface area contributed by atoms with Gasteiger partial charge in [-0.25, -0.2) is 0 Å². The highest BCUT2D eigenvalue weighted by atomic mass is 16.5. The first-order chi connectivity index (χ1) is 11.2. The summed E-state index contributed by atoms with van der Waals surface area (Å²) in [5, 5.41) is 0. The Balaban J connectivity index is 1.84. The predicted octanol–water partition coefficient (Wildman–Crippen LogP) is 2.08.